The minimum absolute atomic E-state index is 0.198. The Bertz CT molecular complexity index is 708. The quantitative estimate of drug-likeness (QED) is 0.852. The Morgan fingerprint density at radius 1 is 1.30 bits per heavy atom. The third-order valence-electron chi connectivity index (χ3n) is 3.10. The van der Waals surface area contributed by atoms with Crippen molar-refractivity contribution in [2.24, 2.45) is 0 Å². The van der Waals surface area contributed by atoms with Crippen molar-refractivity contribution < 1.29 is 28.2 Å². The van der Waals surface area contributed by atoms with E-state index in [-0.39, 0.29) is 12.3 Å². The van der Waals surface area contributed by atoms with E-state index in [9.17, 15) is 14.0 Å². The lowest BCUT2D eigenvalue weighted by Gasteiger charge is -2.15. The number of carbonyl (C=O) groups is 2. The SMILES string of the molecule is Cc1cc(C(=O)NCC(Oc2ccc(F)cc2)C(=O)O)c(C)o1. The second kappa shape index (κ2) is 6.95. The average Bonchev–Trinajstić information content (AvgIpc) is 2.83. The van der Waals surface area contributed by atoms with Crippen molar-refractivity contribution in [2.45, 2.75) is 20.0 Å². The molecule has 1 atom stereocenters. The molecule has 0 bridgehead atoms. The first-order chi connectivity index (χ1) is 10.9. The van der Waals surface area contributed by atoms with Gasteiger partial charge in [0.15, 0.2) is 0 Å². The fraction of sp³-hybridized carbons (Fsp3) is 0.250. The summed E-state index contributed by atoms with van der Waals surface area (Å²) in [7, 11) is 0. The number of rotatable bonds is 6. The van der Waals surface area contributed by atoms with E-state index in [2.05, 4.69) is 5.32 Å². The number of carboxylic acids is 1. The Balaban J connectivity index is 1.99. The van der Waals surface area contributed by atoms with Crippen molar-refractivity contribution in [2.75, 3.05) is 6.54 Å². The van der Waals surface area contributed by atoms with Gasteiger partial charge >= 0.3 is 5.97 Å². The maximum Gasteiger partial charge on any atom is 0.346 e. The summed E-state index contributed by atoms with van der Waals surface area (Å²) >= 11 is 0. The molecule has 2 N–H and O–H groups in total. The van der Waals surface area contributed by atoms with Crippen LogP contribution in [0.5, 0.6) is 5.75 Å². The van der Waals surface area contributed by atoms with Crippen LogP contribution in [0.2, 0.25) is 0 Å². The number of aryl methyl sites for hydroxylation is 2. The van der Waals surface area contributed by atoms with Gasteiger partial charge in [0, 0.05) is 0 Å². The van der Waals surface area contributed by atoms with E-state index in [1.807, 2.05) is 0 Å². The molecule has 0 aliphatic carbocycles. The number of halogens is 1. The molecule has 0 aliphatic rings. The molecule has 0 saturated heterocycles. The van der Waals surface area contributed by atoms with Gasteiger partial charge < -0.3 is 19.6 Å². The number of hydrogen-bond donors (Lipinski definition) is 2. The molecular weight excluding hydrogens is 305 g/mol. The molecule has 7 heteroatoms. The third kappa shape index (κ3) is 4.32. The standard InChI is InChI=1S/C16H16FNO5/c1-9-7-13(10(2)22-9)15(19)18-8-14(16(20)21)23-12-5-3-11(17)4-6-12/h3-7,14H,8H2,1-2H3,(H,18,19)(H,20,21). The lowest BCUT2D eigenvalue weighted by Crippen LogP contribution is -2.40. The number of benzene rings is 1. The molecule has 0 saturated carbocycles. The lowest BCUT2D eigenvalue weighted by molar-refractivity contribution is -0.144. The highest BCUT2D eigenvalue weighted by atomic mass is 19.1. The predicted molar refractivity (Wildman–Crippen MR) is 79.0 cm³/mol. The number of furan rings is 1. The summed E-state index contributed by atoms with van der Waals surface area (Å²) in [4.78, 5) is 23.3. The molecule has 1 aromatic heterocycles. The first kappa shape index (κ1) is 16.5. The molecule has 0 spiro atoms. The highest BCUT2D eigenvalue weighted by molar-refractivity contribution is 5.95. The lowest BCUT2D eigenvalue weighted by atomic mass is 10.2. The fourth-order valence-electron chi connectivity index (χ4n) is 1.99. The molecule has 1 aromatic carbocycles. The van der Waals surface area contributed by atoms with E-state index in [0.29, 0.717) is 17.1 Å². The van der Waals surface area contributed by atoms with Crippen LogP contribution in [0.4, 0.5) is 4.39 Å². The number of aliphatic carboxylic acids is 1. The molecular formula is C16H16FNO5. The first-order valence-corrected chi connectivity index (χ1v) is 6.87. The van der Waals surface area contributed by atoms with Crippen LogP contribution in [0.1, 0.15) is 21.9 Å². The summed E-state index contributed by atoms with van der Waals surface area (Å²) in [5.41, 5.74) is 0.341. The molecule has 6 nitrogen and oxygen atoms in total. The van der Waals surface area contributed by atoms with Gasteiger partial charge in [-0.25, -0.2) is 9.18 Å². The van der Waals surface area contributed by atoms with Gasteiger partial charge in [0.25, 0.3) is 5.91 Å². The van der Waals surface area contributed by atoms with E-state index in [4.69, 9.17) is 14.3 Å². The smallest absolute Gasteiger partial charge is 0.346 e. The van der Waals surface area contributed by atoms with Crippen LogP contribution in [0, 0.1) is 19.7 Å². The van der Waals surface area contributed by atoms with Gasteiger partial charge in [-0.05, 0) is 44.2 Å². The Kier molecular flexibility index (Phi) is 5.00. The van der Waals surface area contributed by atoms with Gasteiger partial charge in [-0.3, -0.25) is 4.79 Å². The van der Waals surface area contributed by atoms with Crippen LogP contribution in [-0.4, -0.2) is 29.6 Å². The van der Waals surface area contributed by atoms with Crippen molar-refractivity contribution in [1.82, 2.24) is 5.32 Å². The molecule has 1 heterocycles. The zero-order chi connectivity index (χ0) is 17.0. The molecule has 2 rings (SSSR count). The van der Waals surface area contributed by atoms with Crippen LogP contribution >= 0.6 is 0 Å². The van der Waals surface area contributed by atoms with Crippen molar-refractivity contribution in [3.63, 3.8) is 0 Å². The second-order valence-corrected chi connectivity index (χ2v) is 4.94. The van der Waals surface area contributed by atoms with Crippen LogP contribution in [-0.2, 0) is 4.79 Å². The Hall–Kier alpha value is -2.83. The maximum atomic E-state index is 12.8. The van der Waals surface area contributed by atoms with Crippen molar-refractivity contribution in [1.29, 1.82) is 0 Å². The van der Waals surface area contributed by atoms with Gasteiger partial charge in [0.2, 0.25) is 6.10 Å². The zero-order valence-electron chi connectivity index (χ0n) is 12.6. The number of nitrogens with one attached hydrogen (secondary N) is 1. The monoisotopic (exact) mass is 321 g/mol. The normalized spacial score (nSPS) is 11.8. The molecule has 1 amide bonds. The number of ether oxygens (including phenoxy) is 1. The summed E-state index contributed by atoms with van der Waals surface area (Å²) < 4.78 is 23.3. The Labute approximate surface area is 131 Å². The molecule has 0 radical (unpaired) electrons. The highest BCUT2D eigenvalue weighted by Gasteiger charge is 2.22. The van der Waals surface area contributed by atoms with Crippen LogP contribution in [0.3, 0.4) is 0 Å². The van der Waals surface area contributed by atoms with Gasteiger partial charge in [-0.2, -0.15) is 0 Å². The molecule has 23 heavy (non-hydrogen) atoms. The van der Waals surface area contributed by atoms with Crippen LogP contribution < -0.4 is 10.1 Å². The van der Waals surface area contributed by atoms with Crippen LogP contribution in [0.15, 0.2) is 34.7 Å². The maximum absolute atomic E-state index is 12.8. The summed E-state index contributed by atoms with van der Waals surface area (Å²) in [6.07, 6.45) is -1.29. The largest absolute Gasteiger partial charge is 0.478 e. The summed E-state index contributed by atoms with van der Waals surface area (Å²) in [5.74, 6) is -0.911. The predicted octanol–water partition coefficient (Wildman–Crippen LogP) is 2.30. The number of carbonyl (C=O) groups excluding carboxylic acids is 1. The van der Waals surface area contributed by atoms with Gasteiger partial charge in [0.1, 0.15) is 23.1 Å². The molecule has 1 unspecified atom stereocenters. The first-order valence-electron chi connectivity index (χ1n) is 6.87. The summed E-state index contributed by atoms with van der Waals surface area (Å²) in [6, 6.07) is 6.52. The minimum atomic E-state index is -1.29. The van der Waals surface area contributed by atoms with E-state index in [0.717, 1.165) is 12.1 Å². The molecule has 0 fully saturated rings. The van der Waals surface area contributed by atoms with Crippen molar-refractivity contribution in [3.05, 3.63) is 53.2 Å². The third-order valence-corrected chi connectivity index (χ3v) is 3.10. The second-order valence-electron chi connectivity index (χ2n) is 4.94. The van der Waals surface area contributed by atoms with E-state index < -0.39 is 23.8 Å². The average molecular weight is 321 g/mol. The summed E-state index contributed by atoms with van der Waals surface area (Å²) in [5, 5.41) is 11.6. The summed E-state index contributed by atoms with van der Waals surface area (Å²) in [6.45, 7) is 3.11. The number of amides is 1. The van der Waals surface area contributed by atoms with E-state index >= 15 is 0 Å². The molecule has 2 aromatic rings. The fourth-order valence-corrected chi connectivity index (χ4v) is 1.99. The Morgan fingerprint density at radius 3 is 2.48 bits per heavy atom. The minimum Gasteiger partial charge on any atom is -0.478 e. The van der Waals surface area contributed by atoms with Gasteiger partial charge in [0.05, 0.1) is 12.1 Å². The van der Waals surface area contributed by atoms with Gasteiger partial charge in [-0.1, -0.05) is 0 Å². The highest BCUT2D eigenvalue weighted by Crippen LogP contribution is 2.15. The topological polar surface area (TPSA) is 88.8 Å². The Morgan fingerprint density at radius 2 is 1.96 bits per heavy atom. The van der Waals surface area contributed by atoms with Crippen LogP contribution in [0.25, 0.3) is 0 Å². The van der Waals surface area contributed by atoms with E-state index in [1.165, 1.54) is 12.1 Å². The van der Waals surface area contributed by atoms with Gasteiger partial charge in [-0.15, -0.1) is 0 Å². The van der Waals surface area contributed by atoms with Crippen molar-refractivity contribution >= 4 is 11.9 Å². The number of hydrogen-bond acceptors (Lipinski definition) is 4. The number of carboxylic acid groups (broad SMARTS) is 1. The molecule has 122 valence electrons. The molecule has 0 aliphatic heterocycles. The van der Waals surface area contributed by atoms with Crippen molar-refractivity contribution in [3.8, 4) is 5.75 Å². The van der Waals surface area contributed by atoms with E-state index in [1.54, 1.807) is 19.9 Å². The zero-order valence-corrected chi connectivity index (χ0v) is 12.6.